The lowest BCUT2D eigenvalue weighted by atomic mass is 10.4. The van der Waals surface area contributed by atoms with Crippen LogP contribution in [0.3, 0.4) is 0 Å². The van der Waals surface area contributed by atoms with Crippen LogP contribution in [-0.4, -0.2) is 44.0 Å². The van der Waals surface area contributed by atoms with Gasteiger partial charge in [-0.05, 0) is 6.42 Å². The van der Waals surface area contributed by atoms with Crippen molar-refractivity contribution in [1.29, 1.82) is 0 Å². The van der Waals surface area contributed by atoms with Crippen LogP contribution >= 0.6 is 0 Å². The molecule has 1 amide bonds. The second-order valence-corrected chi connectivity index (χ2v) is 5.12. The zero-order valence-corrected chi connectivity index (χ0v) is 8.72. The first-order chi connectivity index (χ1) is 6.56. The van der Waals surface area contributed by atoms with Crippen molar-refractivity contribution in [3.63, 3.8) is 0 Å². The van der Waals surface area contributed by atoms with E-state index >= 15 is 0 Å². The summed E-state index contributed by atoms with van der Waals surface area (Å²) in [5.41, 5.74) is 0. The van der Waals surface area contributed by atoms with Gasteiger partial charge in [0.2, 0.25) is 15.9 Å². The molecule has 1 rings (SSSR count). The molecule has 1 saturated heterocycles. The Balaban J connectivity index is 2.75. The minimum atomic E-state index is -3.34. The van der Waals surface area contributed by atoms with Crippen LogP contribution in [0.5, 0.6) is 0 Å². The highest BCUT2D eigenvalue weighted by atomic mass is 32.2. The van der Waals surface area contributed by atoms with Crippen LogP contribution in [0.4, 0.5) is 0 Å². The largest absolute Gasteiger partial charge is 0.355 e. The van der Waals surface area contributed by atoms with Crippen molar-refractivity contribution in [3.8, 4) is 0 Å². The molecule has 6 heteroatoms. The van der Waals surface area contributed by atoms with Gasteiger partial charge in [-0.1, -0.05) is 6.08 Å². The Morgan fingerprint density at radius 3 is 2.93 bits per heavy atom. The summed E-state index contributed by atoms with van der Waals surface area (Å²) in [4.78, 5) is 11.1. The minimum absolute atomic E-state index is 0.0732. The van der Waals surface area contributed by atoms with E-state index in [9.17, 15) is 13.2 Å². The number of rotatable bonds is 3. The smallest absolute Gasteiger partial charge is 0.235 e. The summed E-state index contributed by atoms with van der Waals surface area (Å²) in [6.45, 7) is 4.24. The molecular weight excluding hydrogens is 204 g/mol. The number of carbonyl (C=O) groups is 1. The van der Waals surface area contributed by atoms with E-state index in [1.54, 1.807) is 0 Å². The Kier molecular flexibility index (Phi) is 3.65. The van der Waals surface area contributed by atoms with Gasteiger partial charge in [0.05, 0.1) is 12.3 Å². The summed E-state index contributed by atoms with van der Waals surface area (Å²) in [5, 5.41) is 2.62. The van der Waals surface area contributed by atoms with Crippen molar-refractivity contribution in [2.75, 3.05) is 25.4 Å². The van der Waals surface area contributed by atoms with E-state index in [2.05, 4.69) is 11.9 Å². The fraction of sp³-hybridized carbons (Fsp3) is 0.625. The number of hydrogen-bond acceptors (Lipinski definition) is 3. The van der Waals surface area contributed by atoms with E-state index in [1.165, 1.54) is 10.4 Å². The number of nitrogens with one attached hydrogen (secondary N) is 1. The zero-order chi connectivity index (χ0) is 10.6. The van der Waals surface area contributed by atoms with Gasteiger partial charge in [0.15, 0.2) is 0 Å². The number of carbonyl (C=O) groups excluding carboxylic acids is 1. The molecule has 0 aromatic rings. The van der Waals surface area contributed by atoms with Crippen LogP contribution in [-0.2, 0) is 14.8 Å². The Morgan fingerprint density at radius 1 is 1.57 bits per heavy atom. The maximum absolute atomic E-state index is 11.6. The molecule has 1 N–H and O–H groups in total. The molecule has 14 heavy (non-hydrogen) atoms. The Labute approximate surface area is 83.8 Å². The average Bonchev–Trinajstić information content (AvgIpc) is 2.30. The molecule has 1 fully saturated rings. The number of amides is 1. The normalized spacial score (nSPS) is 19.9. The second-order valence-electron chi connectivity index (χ2n) is 3.10. The van der Waals surface area contributed by atoms with Gasteiger partial charge in [0, 0.05) is 13.1 Å². The third kappa shape index (κ3) is 2.81. The number of nitrogens with zero attached hydrogens (tertiary/aromatic N) is 1. The van der Waals surface area contributed by atoms with E-state index < -0.39 is 10.0 Å². The van der Waals surface area contributed by atoms with Crippen LogP contribution < -0.4 is 5.32 Å². The first-order valence-electron chi connectivity index (χ1n) is 4.41. The lowest BCUT2D eigenvalue weighted by molar-refractivity contribution is -0.120. The maximum Gasteiger partial charge on any atom is 0.235 e. The van der Waals surface area contributed by atoms with Crippen molar-refractivity contribution in [2.45, 2.75) is 6.42 Å². The van der Waals surface area contributed by atoms with Crippen molar-refractivity contribution >= 4 is 15.9 Å². The fourth-order valence-electron chi connectivity index (χ4n) is 1.27. The molecule has 1 aliphatic rings. The van der Waals surface area contributed by atoms with Gasteiger partial charge < -0.3 is 5.32 Å². The molecule has 1 heterocycles. The highest BCUT2D eigenvalue weighted by molar-refractivity contribution is 7.89. The van der Waals surface area contributed by atoms with Crippen LogP contribution in [0.2, 0.25) is 0 Å². The van der Waals surface area contributed by atoms with Gasteiger partial charge in [-0.15, -0.1) is 6.58 Å². The molecule has 0 saturated carbocycles. The van der Waals surface area contributed by atoms with Crippen LogP contribution in [0.15, 0.2) is 12.7 Å². The molecule has 0 aromatic carbocycles. The summed E-state index contributed by atoms with van der Waals surface area (Å²) in [6, 6.07) is 0. The lowest BCUT2D eigenvalue weighted by Crippen LogP contribution is -2.38. The van der Waals surface area contributed by atoms with Gasteiger partial charge in [-0.25, -0.2) is 8.42 Å². The van der Waals surface area contributed by atoms with E-state index in [1.807, 2.05) is 0 Å². The van der Waals surface area contributed by atoms with E-state index in [0.29, 0.717) is 19.5 Å². The molecule has 0 radical (unpaired) electrons. The van der Waals surface area contributed by atoms with Gasteiger partial charge in [0.25, 0.3) is 0 Å². The van der Waals surface area contributed by atoms with Gasteiger partial charge >= 0.3 is 0 Å². The quantitative estimate of drug-likeness (QED) is 0.638. The summed E-state index contributed by atoms with van der Waals surface area (Å²) in [6.07, 6.45) is 1.99. The summed E-state index contributed by atoms with van der Waals surface area (Å²) >= 11 is 0. The molecule has 0 bridgehead atoms. The van der Waals surface area contributed by atoms with Gasteiger partial charge in [0.1, 0.15) is 0 Å². The predicted molar refractivity (Wildman–Crippen MR) is 53.2 cm³/mol. The molecule has 0 spiro atoms. The molecular formula is C8H14N2O3S. The summed E-state index contributed by atoms with van der Waals surface area (Å²) in [7, 11) is -3.34. The average molecular weight is 218 g/mol. The van der Waals surface area contributed by atoms with E-state index in [0.717, 1.165) is 0 Å². The van der Waals surface area contributed by atoms with Gasteiger partial charge in [-0.3, -0.25) is 4.79 Å². The number of hydrogen-bond donors (Lipinski definition) is 1. The molecule has 1 aliphatic heterocycles. The standard InChI is InChI=1S/C8H14N2O3S/c1-2-6-14(12,13)10-5-3-4-9-8(11)7-10/h2H,1,3-7H2,(H,9,11). The minimum Gasteiger partial charge on any atom is -0.355 e. The SMILES string of the molecule is C=CCS(=O)(=O)N1CCCNC(=O)C1. The van der Waals surface area contributed by atoms with E-state index in [4.69, 9.17) is 0 Å². The van der Waals surface area contributed by atoms with Crippen molar-refractivity contribution in [3.05, 3.63) is 12.7 Å². The van der Waals surface area contributed by atoms with Crippen LogP contribution in [0, 0.1) is 0 Å². The maximum atomic E-state index is 11.6. The topological polar surface area (TPSA) is 66.5 Å². The highest BCUT2D eigenvalue weighted by Gasteiger charge is 2.24. The second kappa shape index (κ2) is 4.56. The predicted octanol–water partition coefficient (Wildman–Crippen LogP) is -0.676. The summed E-state index contributed by atoms with van der Waals surface area (Å²) < 4.78 is 24.3. The Hall–Kier alpha value is -0.880. The van der Waals surface area contributed by atoms with Crippen molar-refractivity contribution in [1.82, 2.24) is 9.62 Å². The molecule has 0 atom stereocenters. The van der Waals surface area contributed by atoms with Crippen LogP contribution in [0.1, 0.15) is 6.42 Å². The Morgan fingerprint density at radius 2 is 2.29 bits per heavy atom. The molecule has 0 unspecified atom stereocenters. The first-order valence-corrected chi connectivity index (χ1v) is 6.02. The highest BCUT2D eigenvalue weighted by Crippen LogP contribution is 2.05. The third-order valence-corrected chi connectivity index (χ3v) is 3.70. The Bertz CT molecular complexity index is 323. The molecule has 0 aliphatic carbocycles. The van der Waals surface area contributed by atoms with E-state index in [-0.39, 0.29) is 18.2 Å². The summed E-state index contributed by atoms with van der Waals surface area (Å²) in [5.74, 6) is -0.351. The fourth-order valence-corrected chi connectivity index (χ4v) is 2.50. The monoisotopic (exact) mass is 218 g/mol. The molecule has 0 aromatic heterocycles. The van der Waals surface area contributed by atoms with Crippen LogP contribution in [0.25, 0.3) is 0 Å². The van der Waals surface area contributed by atoms with Crippen molar-refractivity contribution < 1.29 is 13.2 Å². The third-order valence-electron chi connectivity index (χ3n) is 1.95. The van der Waals surface area contributed by atoms with Crippen molar-refractivity contribution in [2.24, 2.45) is 0 Å². The zero-order valence-electron chi connectivity index (χ0n) is 7.90. The first kappa shape index (κ1) is 11.2. The lowest BCUT2D eigenvalue weighted by Gasteiger charge is -2.17. The molecule has 80 valence electrons. The number of sulfonamides is 1. The molecule has 5 nitrogen and oxygen atoms in total. The van der Waals surface area contributed by atoms with Gasteiger partial charge in [-0.2, -0.15) is 4.31 Å².